The van der Waals surface area contributed by atoms with Gasteiger partial charge in [0, 0.05) is 6.42 Å². The first kappa shape index (κ1) is 11.4. The summed E-state index contributed by atoms with van der Waals surface area (Å²) in [5.74, 6) is 0. The van der Waals surface area contributed by atoms with Gasteiger partial charge in [0.1, 0.15) is 16.8 Å². The monoisotopic (exact) mass is 274 g/mol. The largest absolute Gasteiger partial charge is 0.215 e. The molecule has 0 saturated heterocycles. The van der Waals surface area contributed by atoms with Crippen LogP contribution in [-0.2, 0) is 6.42 Å². The molecule has 0 aliphatic rings. The topological polar surface area (TPSA) is 54.0 Å². The molecule has 4 nitrogen and oxygen atoms in total. The fourth-order valence-electron chi connectivity index (χ4n) is 1.79. The van der Waals surface area contributed by atoms with Gasteiger partial charge in [0.05, 0.1) is 4.88 Å². The van der Waals surface area contributed by atoms with Crippen molar-refractivity contribution in [3.05, 3.63) is 28.2 Å². The molecule has 0 N–H and O–H groups in total. The summed E-state index contributed by atoms with van der Waals surface area (Å²) in [4.78, 5) is 6.35. The zero-order valence-corrected chi connectivity index (χ0v) is 11.4. The molecule has 0 unspecified atom stereocenters. The number of imidazole rings is 1. The molecule has 3 aromatic rings. The molecule has 3 heterocycles. The first-order valence-corrected chi connectivity index (χ1v) is 7.35. The van der Waals surface area contributed by atoms with E-state index in [9.17, 15) is 5.26 Å². The molecule has 0 aliphatic heterocycles. The Bertz CT molecular complexity index is 715. The third-order valence-electron chi connectivity index (χ3n) is 2.57. The Labute approximate surface area is 112 Å². The Kier molecular flexibility index (Phi) is 2.86. The molecular weight excluding hydrogens is 264 g/mol. The van der Waals surface area contributed by atoms with Crippen LogP contribution in [0, 0.1) is 11.3 Å². The second-order valence-electron chi connectivity index (χ2n) is 3.84. The first-order valence-electron chi connectivity index (χ1n) is 5.66. The van der Waals surface area contributed by atoms with E-state index in [0.717, 1.165) is 33.4 Å². The molecular formula is C12H10N4S2. The highest BCUT2D eigenvalue weighted by Gasteiger charge is 2.17. The molecule has 3 rings (SSSR count). The normalized spacial score (nSPS) is 10.9. The van der Waals surface area contributed by atoms with E-state index in [4.69, 9.17) is 0 Å². The van der Waals surface area contributed by atoms with Crippen LogP contribution in [0.1, 0.15) is 24.0 Å². The molecule has 0 spiro atoms. The van der Waals surface area contributed by atoms with Gasteiger partial charge in [0.2, 0.25) is 4.96 Å². The molecule has 0 amide bonds. The Morgan fingerprint density at radius 3 is 3.06 bits per heavy atom. The summed E-state index contributed by atoms with van der Waals surface area (Å²) >= 11 is 3.15. The Morgan fingerprint density at radius 2 is 2.39 bits per heavy atom. The average Bonchev–Trinajstić information content (AvgIpc) is 3.02. The quantitative estimate of drug-likeness (QED) is 0.736. The summed E-state index contributed by atoms with van der Waals surface area (Å²) in [6, 6.07) is 6.15. The van der Waals surface area contributed by atoms with Crippen LogP contribution >= 0.6 is 22.7 Å². The van der Waals surface area contributed by atoms with Crippen molar-refractivity contribution in [2.75, 3.05) is 0 Å². The SMILES string of the molecule is CCCc1nn2c(C#N)c(-c3cccs3)nc2s1. The maximum Gasteiger partial charge on any atom is 0.214 e. The predicted octanol–water partition coefficient (Wildman–Crippen LogP) is 3.34. The molecule has 0 aliphatic carbocycles. The van der Waals surface area contributed by atoms with Crippen LogP contribution in [0.4, 0.5) is 0 Å². The van der Waals surface area contributed by atoms with Gasteiger partial charge in [-0.25, -0.2) is 4.98 Å². The van der Waals surface area contributed by atoms with Gasteiger partial charge in [-0.1, -0.05) is 24.3 Å². The minimum Gasteiger partial charge on any atom is -0.215 e. The molecule has 0 atom stereocenters. The number of nitriles is 1. The minimum absolute atomic E-state index is 0.533. The highest BCUT2D eigenvalue weighted by Crippen LogP contribution is 2.29. The van der Waals surface area contributed by atoms with Gasteiger partial charge in [0.25, 0.3) is 0 Å². The van der Waals surface area contributed by atoms with Crippen LogP contribution in [0.2, 0.25) is 0 Å². The molecule has 0 aromatic carbocycles. The van der Waals surface area contributed by atoms with Gasteiger partial charge in [-0.2, -0.15) is 14.9 Å². The highest BCUT2D eigenvalue weighted by molar-refractivity contribution is 7.16. The second-order valence-corrected chi connectivity index (χ2v) is 5.83. The molecule has 0 bridgehead atoms. The van der Waals surface area contributed by atoms with Crippen LogP contribution in [-0.4, -0.2) is 14.6 Å². The van der Waals surface area contributed by atoms with Crippen LogP contribution in [0.15, 0.2) is 17.5 Å². The predicted molar refractivity (Wildman–Crippen MR) is 72.9 cm³/mol. The van der Waals surface area contributed by atoms with Gasteiger partial charge in [-0.05, 0) is 17.9 Å². The Hall–Kier alpha value is -1.71. The number of aromatic nitrogens is 3. The summed E-state index contributed by atoms with van der Waals surface area (Å²) in [5, 5.41) is 16.8. The smallest absolute Gasteiger partial charge is 0.214 e. The van der Waals surface area contributed by atoms with Gasteiger partial charge < -0.3 is 0 Å². The van der Waals surface area contributed by atoms with Gasteiger partial charge in [-0.15, -0.1) is 11.3 Å². The summed E-state index contributed by atoms with van der Waals surface area (Å²) in [5.41, 5.74) is 1.28. The second kappa shape index (κ2) is 4.52. The molecule has 3 aromatic heterocycles. The van der Waals surface area contributed by atoms with E-state index in [1.807, 2.05) is 17.5 Å². The molecule has 18 heavy (non-hydrogen) atoms. The van der Waals surface area contributed by atoms with E-state index in [1.165, 1.54) is 0 Å². The molecule has 0 fully saturated rings. The molecule has 0 radical (unpaired) electrons. The molecule has 0 saturated carbocycles. The van der Waals surface area contributed by atoms with E-state index >= 15 is 0 Å². The van der Waals surface area contributed by atoms with E-state index in [1.54, 1.807) is 27.2 Å². The lowest BCUT2D eigenvalue weighted by atomic mass is 10.3. The van der Waals surface area contributed by atoms with Crippen molar-refractivity contribution in [1.82, 2.24) is 14.6 Å². The third kappa shape index (κ3) is 1.72. The Balaban J connectivity index is 2.18. The number of nitrogens with zero attached hydrogens (tertiary/aromatic N) is 4. The van der Waals surface area contributed by atoms with Crippen molar-refractivity contribution in [3.63, 3.8) is 0 Å². The zero-order chi connectivity index (χ0) is 12.5. The molecule has 6 heteroatoms. The number of thiophene rings is 1. The van der Waals surface area contributed by atoms with E-state index in [0.29, 0.717) is 5.69 Å². The number of rotatable bonds is 3. The number of fused-ring (bicyclic) bond motifs is 1. The average molecular weight is 274 g/mol. The highest BCUT2D eigenvalue weighted by atomic mass is 32.1. The summed E-state index contributed by atoms with van der Waals surface area (Å²) in [6.45, 7) is 2.12. The van der Waals surface area contributed by atoms with Crippen molar-refractivity contribution in [1.29, 1.82) is 5.26 Å². The summed E-state index contributed by atoms with van der Waals surface area (Å²) < 4.78 is 1.67. The number of hydrogen-bond donors (Lipinski definition) is 0. The van der Waals surface area contributed by atoms with Crippen LogP contribution in [0.5, 0.6) is 0 Å². The van der Waals surface area contributed by atoms with Crippen molar-refractivity contribution in [2.24, 2.45) is 0 Å². The molecule has 90 valence electrons. The van der Waals surface area contributed by atoms with Crippen molar-refractivity contribution in [3.8, 4) is 16.6 Å². The number of hydrogen-bond acceptors (Lipinski definition) is 5. The summed E-state index contributed by atoms with van der Waals surface area (Å²) in [7, 11) is 0. The van der Waals surface area contributed by atoms with Gasteiger partial charge in [-0.3, -0.25) is 0 Å². The van der Waals surface area contributed by atoms with E-state index < -0.39 is 0 Å². The first-order chi connectivity index (χ1) is 8.83. The van der Waals surface area contributed by atoms with Crippen molar-refractivity contribution < 1.29 is 0 Å². The maximum atomic E-state index is 9.30. The van der Waals surface area contributed by atoms with Crippen LogP contribution in [0.25, 0.3) is 15.5 Å². The lowest BCUT2D eigenvalue weighted by molar-refractivity contribution is 0.843. The van der Waals surface area contributed by atoms with Crippen molar-refractivity contribution in [2.45, 2.75) is 19.8 Å². The van der Waals surface area contributed by atoms with E-state index in [2.05, 4.69) is 23.1 Å². The van der Waals surface area contributed by atoms with Crippen LogP contribution in [0.3, 0.4) is 0 Å². The minimum atomic E-state index is 0.533. The lowest BCUT2D eigenvalue weighted by Gasteiger charge is -1.91. The fraction of sp³-hybridized carbons (Fsp3) is 0.250. The zero-order valence-electron chi connectivity index (χ0n) is 9.75. The van der Waals surface area contributed by atoms with Gasteiger partial charge in [0.15, 0.2) is 5.69 Å². The fourth-order valence-corrected chi connectivity index (χ4v) is 3.50. The lowest BCUT2D eigenvalue weighted by Crippen LogP contribution is -1.91. The maximum absolute atomic E-state index is 9.30. The third-order valence-corrected chi connectivity index (χ3v) is 4.41. The van der Waals surface area contributed by atoms with E-state index in [-0.39, 0.29) is 0 Å². The van der Waals surface area contributed by atoms with Crippen LogP contribution < -0.4 is 0 Å². The Morgan fingerprint density at radius 1 is 1.50 bits per heavy atom. The number of aryl methyl sites for hydroxylation is 1. The van der Waals surface area contributed by atoms with Crippen molar-refractivity contribution >= 4 is 27.6 Å². The summed E-state index contributed by atoms with van der Waals surface area (Å²) in [6.07, 6.45) is 1.99. The van der Waals surface area contributed by atoms with Gasteiger partial charge >= 0.3 is 0 Å². The standard InChI is InChI=1S/C12H10N4S2/c1-2-4-10-15-16-8(7-13)11(14-12(16)18-10)9-5-3-6-17-9/h3,5-6H,2,4H2,1H3.